The van der Waals surface area contributed by atoms with E-state index in [9.17, 15) is 4.79 Å². The lowest BCUT2D eigenvalue weighted by molar-refractivity contribution is -0.115. The Balaban J connectivity index is 2.34. The molecule has 1 saturated heterocycles. The van der Waals surface area contributed by atoms with Crippen molar-refractivity contribution in [1.82, 2.24) is 4.90 Å². The average Bonchev–Trinajstić information content (AvgIpc) is 2.09. The van der Waals surface area contributed by atoms with Crippen molar-refractivity contribution >= 4 is 6.29 Å². The summed E-state index contributed by atoms with van der Waals surface area (Å²) in [5, 5.41) is 0. The molecule has 2 nitrogen and oxygen atoms in total. The van der Waals surface area contributed by atoms with Crippen LogP contribution < -0.4 is 0 Å². The lowest BCUT2D eigenvalue weighted by Gasteiger charge is -2.32. The summed E-state index contributed by atoms with van der Waals surface area (Å²) in [6.45, 7) is 6.47. The molecule has 0 aliphatic carbocycles. The zero-order valence-electron chi connectivity index (χ0n) is 9.05. The number of aldehydes is 1. The van der Waals surface area contributed by atoms with Gasteiger partial charge in [0.15, 0.2) is 0 Å². The molecule has 0 bridgehead atoms. The molecule has 76 valence electrons. The fourth-order valence-electron chi connectivity index (χ4n) is 2.06. The highest BCUT2D eigenvalue weighted by molar-refractivity contribution is 5.57. The highest BCUT2D eigenvalue weighted by Gasteiger charge is 2.25. The molecule has 0 radical (unpaired) electrons. The summed E-state index contributed by atoms with van der Waals surface area (Å²) >= 11 is 0. The van der Waals surface area contributed by atoms with E-state index in [2.05, 4.69) is 11.9 Å². The van der Waals surface area contributed by atoms with Crippen LogP contribution in [0.3, 0.4) is 0 Å². The van der Waals surface area contributed by atoms with Gasteiger partial charge in [-0.3, -0.25) is 0 Å². The summed E-state index contributed by atoms with van der Waals surface area (Å²) in [4.78, 5) is 13.1. The molecule has 13 heavy (non-hydrogen) atoms. The van der Waals surface area contributed by atoms with Crippen molar-refractivity contribution in [3.63, 3.8) is 0 Å². The zero-order chi connectivity index (χ0) is 9.90. The van der Waals surface area contributed by atoms with Crippen LogP contribution in [0.15, 0.2) is 0 Å². The van der Waals surface area contributed by atoms with E-state index in [0.29, 0.717) is 0 Å². The maximum atomic E-state index is 10.8. The second-order valence-electron chi connectivity index (χ2n) is 5.06. The van der Waals surface area contributed by atoms with Crippen molar-refractivity contribution in [1.29, 1.82) is 0 Å². The van der Waals surface area contributed by atoms with E-state index in [0.717, 1.165) is 18.6 Å². The van der Waals surface area contributed by atoms with E-state index in [1.54, 1.807) is 0 Å². The summed E-state index contributed by atoms with van der Waals surface area (Å²) in [7, 11) is 2.17. The summed E-state index contributed by atoms with van der Waals surface area (Å²) in [5.74, 6) is 0.761. The zero-order valence-corrected chi connectivity index (χ0v) is 9.05. The SMILES string of the molecule is CN1CCC(CC(C)(C)C=O)CC1. The number of nitrogens with zero attached hydrogens (tertiary/aromatic N) is 1. The molecule has 1 fully saturated rings. The van der Waals surface area contributed by atoms with Crippen LogP contribution in [0.2, 0.25) is 0 Å². The third-order valence-electron chi connectivity index (χ3n) is 2.97. The standard InChI is InChI=1S/C11H21NO/c1-11(2,9-13)8-10-4-6-12(3)7-5-10/h9-10H,4-8H2,1-3H3. The molecule has 1 aliphatic rings. The third kappa shape index (κ3) is 3.47. The van der Waals surface area contributed by atoms with Gasteiger partial charge in [0.2, 0.25) is 0 Å². The smallest absolute Gasteiger partial charge is 0.125 e. The second-order valence-corrected chi connectivity index (χ2v) is 5.06. The first-order chi connectivity index (χ1) is 6.03. The van der Waals surface area contributed by atoms with Crippen molar-refractivity contribution < 1.29 is 4.79 Å². The summed E-state index contributed by atoms with van der Waals surface area (Å²) < 4.78 is 0. The van der Waals surface area contributed by atoms with Crippen LogP contribution >= 0.6 is 0 Å². The maximum absolute atomic E-state index is 10.8. The molecule has 0 atom stereocenters. The lowest BCUT2D eigenvalue weighted by Crippen LogP contribution is -2.32. The molecule has 0 aromatic heterocycles. The molecule has 0 aromatic carbocycles. The van der Waals surface area contributed by atoms with Crippen molar-refractivity contribution in [3.8, 4) is 0 Å². The largest absolute Gasteiger partial charge is 0.306 e. The molecular weight excluding hydrogens is 162 g/mol. The average molecular weight is 183 g/mol. The lowest BCUT2D eigenvalue weighted by atomic mass is 9.80. The van der Waals surface area contributed by atoms with Gasteiger partial charge in [-0.05, 0) is 45.3 Å². The van der Waals surface area contributed by atoms with Crippen LogP contribution in [0.25, 0.3) is 0 Å². The van der Waals surface area contributed by atoms with Crippen molar-refractivity contribution in [3.05, 3.63) is 0 Å². The molecule has 0 aromatic rings. The van der Waals surface area contributed by atoms with E-state index >= 15 is 0 Å². The summed E-state index contributed by atoms with van der Waals surface area (Å²) in [5.41, 5.74) is -0.111. The Morgan fingerprint density at radius 1 is 1.38 bits per heavy atom. The van der Waals surface area contributed by atoms with E-state index in [4.69, 9.17) is 0 Å². The van der Waals surface area contributed by atoms with Gasteiger partial charge in [-0.1, -0.05) is 13.8 Å². The fourth-order valence-corrected chi connectivity index (χ4v) is 2.06. The quantitative estimate of drug-likeness (QED) is 0.623. The molecule has 0 spiro atoms. The minimum absolute atomic E-state index is 0.111. The number of likely N-dealkylation sites (tertiary alicyclic amines) is 1. The van der Waals surface area contributed by atoms with E-state index in [-0.39, 0.29) is 5.41 Å². The Labute approximate surface area is 81.3 Å². The van der Waals surface area contributed by atoms with Gasteiger partial charge in [0.05, 0.1) is 0 Å². The number of rotatable bonds is 3. The van der Waals surface area contributed by atoms with Gasteiger partial charge in [-0.25, -0.2) is 0 Å². The fraction of sp³-hybridized carbons (Fsp3) is 0.909. The molecule has 1 aliphatic heterocycles. The highest BCUT2D eigenvalue weighted by atomic mass is 16.1. The van der Waals surface area contributed by atoms with Crippen LogP contribution in [-0.2, 0) is 4.79 Å². The number of hydrogen-bond acceptors (Lipinski definition) is 2. The van der Waals surface area contributed by atoms with Crippen LogP contribution in [0.4, 0.5) is 0 Å². The first kappa shape index (κ1) is 10.7. The molecule has 2 heteroatoms. The van der Waals surface area contributed by atoms with Gasteiger partial charge in [-0.15, -0.1) is 0 Å². The first-order valence-corrected chi connectivity index (χ1v) is 5.18. The van der Waals surface area contributed by atoms with Crippen LogP contribution in [-0.4, -0.2) is 31.3 Å². The third-order valence-corrected chi connectivity index (χ3v) is 2.97. The van der Waals surface area contributed by atoms with Gasteiger partial charge in [0.25, 0.3) is 0 Å². The number of carbonyl (C=O) groups is 1. The van der Waals surface area contributed by atoms with Gasteiger partial charge in [0.1, 0.15) is 6.29 Å². The number of carbonyl (C=O) groups excluding carboxylic acids is 1. The molecule has 1 rings (SSSR count). The van der Waals surface area contributed by atoms with E-state index < -0.39 is 0 Å². The van der Waals surface area contributed by atoms with Crippen LogP contribution in [0.1, 0.15) is 33.1 Å². The topological polar surface area (TPSA) is 20.3 Å². The number of piperidine rings is 1. The molecule has 0 unspecified atom stereocenters. The minimum atomic E-state index is -0.111. The Kier molecular flexibility index (Phi) is 3.48. The van der Waals surface area contributed by atoms with E-state index in [1.807, 2.05) is 13.8 Å². The van der Waals surface area contributed by atoms with Crippen molar-refractivity contribution in [2.75, 3.05) is 20.1 Å². The van der Waals surface area contributed by atoms with Crippen LogP contribution in [0, 0.1) is 11.3 Å². The Hall–Kier alpha value is -0.370. The maximum Gasteiger partial charge on any atom is 0.125 e. The predicted molar refractivity (Wildman–Crippen MR) is 54.7 cm³/mol. The minimum Gasteiger partial charge on any atom is -0.306 e. The summed E-state index contributed by atoms with van der Waals surface area (Å²) in [6.07, 6.45) is 4.68. The van der Waals surface area contributed by atoms with Crippen molar-refractivity contribution in [2.24, 2.45) is 11.3 Å². The molecule has 1 heterocycles. The molecule has 0 saturated carbocycles. The Morgan fingerprint density at radius 3 is 2.38 bits per heavy atom. The summed E-state index contributed by atoms with van der Waals surface area (Å²) in [6, 6.07) is 0. The number of hydrogen-bond donors (Lipinski definition) is 0. The van der Waals surface area contributed by atoms with Gasteiger partial charge >= 0.3 is 0 Å². The molecule has 0 N–H and O–H groups in total. The van der Waals surface area contributed by atoms with Gasteiger partial charge in [-0.2, -0.15) is 0 Å². The first-order valence-electron chi connectivity index (χ1n) is 5.18. The predicted octanol–water partition coefficient (Wildman–Crippen LogP) is 1.94. The second kappa shape index (κ2) is 4.23. The molecular formula is C11H21NO. The van der Waals surface area contributed by atoms with Gasteiger partial charge in [0, 0.05) is 5.41 Å². The monoisotopic (exact) mass is 183 g/mol. The normalized spacial score (nSPS) is 21.8. The van der Waals surface area contributed by atoms with Crippen molar-refractivity contribution in [2.45, 2.75) is 33.1 Å². The van der Waals surface area contributed by atoms with Gasteiger partial charge < -0.3 is 9.69 Å². The highest BCUT2D eigenvalue weighted by Crippen LogP contribution is 2.29. The Bertz CT molecular complexity index is 169. The Morgan fingerprint density at radius 2 is 1.92 bits per heavy atom. The molecule has 0 amide bonds. The van der Waals surface area contributed by atoms with E-state index in [1.165, 1.54) is 25.9 Å². The van der Waals surface area contributed by atoms with Crippen LogP contribution in [0.5, 0.6) is 0 Å².